The van der Waals surface area contributed by atoms with Gasteiger partial charge in [0.1, 0.15) is 11.4 Å². The molecule has 1 radical (unpaired) electrons. The Morgan fingerprint density at radius 1 is 0.542 bits per heavy atom. The molecule has 48 heavy (non-hydrogen) atoms. The predicted octanol–water partition coefficient (Wildman–Crippen LogP) is -11.6. The minimum Gasteiger partial charge on any atom is -0.457 e. The molecule has 0 spiro atoms. The van der Waals surface area contributed by atoms with E-state index in [9.17, 15) is 0 Å². The van der Waals surface area contributed by atoms with Crippen LogP contribution >= 0.6 is 0 Å². The molecular formula is C22H29Cl2CuN12O11+. The summed E-state index contributed by atoms with van der Waals surface area (Å²) >= 11 is 0. The van der Waals surface area contributed by atoms with Crippen molar-refractivity contribution in [2.45, 2.75) is 27.7 Å². The van der Waals surface area contributed by atoms with Gasteiger partial charge in [0.15, 0.2) is 11.6 Å². The number of aryl methyl sites for hydroxylation is 4. The summed E-state index contributed by atoms with van der Waals surface area (Å²) in [5, 5.41) is 8.00. The van der Waals surface area contributed by atoms with Crippen molar-refractivity contribution in [3.05, 3.63) is 84.5 Å². The Kier molecular flexibility index (Phi) is 22.6. The normalized spacial score (nSPS) is 9.83. The van der Waals surface area contributed by atoms with Crippen molar-refractivity contribution in [1.82, 2.24) is 50.1 Å². The van der Waals surface area contributed by atoms with E-state index in [1.165, 1.54) is 12.7 Å². The van der Waals surface area contributed by atoms with Gasteiger partial charge in [-0.3, -0.25) is 0 Å². The predicted molar refractivity (Wildman–Crippen MR) is 131 cm³/mol. The van der Waals surface area contributed by atoms with Crippen LogP contribution < -0.4 is 56.5 Å². The van der Waals surface area contributed by atoms with Gasteiger partial charge in [-0.25, -0.2) is 66.2 Å². The van der Waals surface area contributed by atoms with Crippen LogP contribution in [0.2, 0.25) is 0 Å². The molecule has 0 aliphatic carbocycles. The van der Waals surface area contributed by atoms with Crippen LogP contribution in [-0.4, -0.2) is 50.8 Å². The van der Waals surface area contributed by atoms with E-state index in [2.05, 4.69) is 50.1 Å². The van der Waals surface area contributed by atoms with Gasteiger partial charge in [-0.15, -0.1) is 30.5 Å². The van der Waals surface area contributed by atoms with Crippen molar-refractivity contribution in [1.29, 1.82) is 0 Å². The van der Waals surface area contributed by atoms with Crippen LogP contribution in [0.1, 0.15) is 22.8 Å². The number of aromatic nitrogens is 12. The van der Waals surface area contributed by atoms with Gasteiger partial charge in [0, 0.05) is 36.9 Å². The molecule has 0 bridgehead atoms. The summed E-state index contributed by atoms with van der Waals surface area (Å²) < 4.78 is 71.4. The first kappa shape index (κ1) is 48.3. The zero-order chi connectivity index (χ0) is 32.9. The minimum absolute atomic E-state index is 0. The Morgan fingerprint density at radius 2 is 0.812 bits per heavy atom. The molecule has 267 valence electrons. The molecule has 6 heterocycles. The molecule has 26 heteroatoms. The second-order valence-electron chi connectivity index (χ2n) is 7.92. The Labute approximate surface area is 285 Å². The summed E-state index contributed by atoms with van der Waals surface area (Å²) in [5.74, 6) is 2.45. The molecule has 0 fully saturated rings. The van der Waals surface area contributed by atoms with Crippen LogP contribution in [-0.2, 0) is 22.5 Å². The molecule has 0 aromatic carbocycles. The van der Waals surface area contributed by atoms with Crippen LogP contribution in [0.3, 0.4) is 0 Å². The Bertz CT molecular complexity index is 1590. The van der Waals surface area contributed by atoms with Gasteiger partial charge in [-0.1, -0.05) is 12.7 Å². The molecule has 0 atom stereocenters. The monoisotopic (exact) mass is 770 g/mol. The summed E-state index contributed by atoms with van der Waals surface area (Å²) in [4.78, 5) is 32.4. The zero-order valence-corrected chi connectivity index (χ0v) is 27.5. The first-order valence-electron chi connectivity index (χ1n) is 11.6. The van der Waals surface area contributed by atoms with Gasteiger partial charge in [0.05, 0.1) is 11.4 Å². The quantitative estimate of drug-likeness (QED) is 0.0850. The molecule has 0 saturated carbocycles. The van der Waals surface area contributed by atoms with E-state index >= 15 is 0 Å². The average molecular weight is 772 g/mol. The number of halogens is 2. The Hall–Kier alpha value is -4.08. The summed E-state index contributed by atoms with van der Waals surface area (Å²) in [6.07, 6.45) is 9.68. The van der Waals surface area contributed by atoms with Crippen LogP contribution in [0.4, 0.5) is 0 Å². The molecule has 0 saturated heterocycles. The van der Waals surface area contributed by atoms with Crippen molar-refractivity contribution in [2.75, 3.05) is 0 Å². The summed E-state index contributed by atoms with van der Waals surface area (Å²) in [6.45, 7) is 7.86. The smallest absolute Gasteiger partial charge is 0.457 e. The van der Waals surface area contributed by atoms with Gasteiger partial charge in [0.25, 0.3) is 11.6 Å². The summed E-state index contributed by atoms with van der Waals surface area (Å²) in [6, 6.07) is 7.46. The van der Waals surface area contributed by atoms with Crippen molar-refractivity contribution >= 4 is 11.6 Å². The van der Waals surface area contributed by atoms with Gasteiger partial charge in [-0.05, 0) is 39.8 Å². The number of fused-ring (bicyclic) bond motifs is 2. The molecule has 6 aromatic rings. The SMILES string of the molecule is Cc1cc(C)[n+]2[n-]cnc2n1.Cc1cc(C)[n+]2[n-]cnc2n1.O.O.[Cu+2].[O-][Cl+3]([O-])([O-])[O-].[O-][Cl+3]([O-])([O-])[O-].[OH3+].c1cnc(-c2ncccn2)nc1. The van der Waals surface area contributed by atoms with E-state index in [1.807, 2.05) is 39.8 Å². The second-order valence-corrected chi connectivity index (χ2v) is 9.43. The molecule has 0 aliphatic rings. The van der Waals surface area contributed by atoms with Crippen molar-refractivity contribution in [3.63, 3.8) is 0 Å². The third-order valence-electron chi connectivity index (χ3n) is 4.45. The second kappa shape index (κ2) is 22.5. The standard InChI is InChI=1S/C8H6N4.2C7H8N4.2ClHO4.Cu.3H2O/c1-3-9-7(10-4-1)8-11-5-2-6-12-8;2*1-5-3-6(2)11-7(10-5)8-4-9-11;2*2-1(3,4)5;;;;/h1-6H;2*3-4H,1-2H3;2*(H,2,3,4,5);;3*1H2/q;;;;;+2;;;/p-1. The topological polar surface area (TPSA) is 420 Å². The van der Waals surface area contributed by atoms with E-state index in [-0.39, 0.29) is 33.5 Å². The maximum Gasteiger partial charge on any atom is 2.00 e. The van der Waals surface area contributed by atoms with Gasteiger partial charge < -0.3 is 36.6 Å². The third kappa shape index (κ3) is 19.5. The first-order chi connectivity index (χ1) is 20.5. The third-order valence-corrected chi connectivity index (χ3v) is 4.45. The molecule has 0 unspecified atom stereocenters. The number of rotatable bonds is 1. The fraction of sp³-hybridized carbons (Fsp3) is 0.182. The van der Waals surface area contributed by atoms with E-state index in [4.69, 9.17) is 37.3 Å². The van der Waals surface area contributed by atoms with E-state index in [1.54, 1.807) is 46.0 Å². The molecule has 23 nitrogen and oxygen atoms in total. The molecule has 0 amide bonds. The number of hydrogen-bond acceptors (Lipinski definition) is 16. The Balaban J connectivity index is -0.000000538. The largest absolute Gasteiger partial charge is 2.00 e. The molecule has 0 aliphatic heterocycles. The Morgan fingerprint density at radius 3 is 1.08 bits per heavy atom. The van der Waals surface area contributed by atoms with Gasteiger partial charge >= 0.3 is 17.1 Å². The van der Waals surface area contributed by atoms with Crippen LogP contribution in [0.25, 0.3) is 23.2 Å². The molecular weight excluding hydrogens is 743 g/mol. The summed E-state index contributed by atoms with van der Waals surface area (Å²) in [7, 11) is -9.89. The van der Waals surface area contributed by atoms with Crippen LogP contribution in [0, 0.1) is 48.2 Å². The minimum atomic E-state index is -4.94. The van der Waals surface area contributed by atoms with Crippen molar-refractivity contribution < 1.29 is 100 Å². The van der Waals surface area contributed by atoms with Crippen molar-refractivity contribution in [2.24, 2.45) is 0 Å². The van der Waals surface area contributed by atoms with E-state index < -0.39 is 20.5 Å². The van der Waals surface area contributed by atoms with Crippen LogP contribution in [0.15, 0.2) is 61.7 Å². The zero-order valence-electron chi connectivity index (χ0n) is 25.0. The van der Waals surface area contributed by atoms with Crippen molar-refractivity contribution in [3.8, 4) is 11.6 Å². The first-order valence-corrected chi connectivity index (χ1v) is 14.0. The molecule has 6 rings (SSSR count). The van der Waals surface area contributed by atoms with Crippen LogP contribution in [0.5, 0.6) is 0 Å². The fourth-order valence-corrected chi connectivity index (χ4v) is 3.06. The summed E-state index contributed by atoms with van der Waals surface area (Å²) in [5.41, 5.74) is 4.07. The average Bonchev–Trinajstić information content (AvgIpc) is 3.59. The van der Waals surface area contributed by atoms with Gasteiger partial charge in [-0.2, -0.15) is 0 Å². The molecule has 7 N–H and O–H groups in total. The number of nitrogens with zero attached hydrogens (tertiary/aromatic N) is 12. The van der Waals surface area contributed by atoms with E-state index in [0.717, 1.165) is 22.8 Å². The maximum atomic E-state index is 8.49. The molecule has 6 aromatic heterocycles. The maximum absolute atomic E-state index is 8.49. The van der Waals surface area contributed by atoms with E-state index in [0.29, 0.717) is 23.2 Å². The van der Waals surface area contributed by atoms with Gasteiger partial charge in [0.2, 0.25) is 0 Å². The number of hydrogen-bond donors (Lipinski definition) is 0. The fourth-order valence-electron chi connectivity index (χ4n) is 3.06.